The number of carbonyl (C=O) groups excluding carboxylic acids is 5. The maximum atomic E-state index is 13.3. The van der Waals surface area contributed by atoms with Crippen LogP contribution in [0.2, 0.25) is 0 Å². The Kier molecular flexibility index (Phi) is 8.35. The van der Waals surface area contributed by atoms with Crippen LogP contribution in [0.5, 0.6) is 0 Å². The second-order valence-electron chi connectivity index (χ2n) is 9.63. The maximum absolute atomic E-state index is 13.3. The van der Waals surface area contributed by atoms with Crippen LogP contribution >= 0.6 is 11.8 Å². The van der Waals surface area contributed by atoms with Gasteiger partial charge in [0.05, 0.1) is 37.6 Å². The van der Waals surface area contributed by atoms with E-state index in [9.17, 15) is 29.1 Å². The van der Waals surface area contributed by atoms with Gasteiger partial charge in [-0.1, -0.05) is 5.16 Å². The number of nitrogens with one attached hydrogen (secondary N) is 2. The Labute approximate surface area is 253 Å². The van der Waals surface area contributed by atoms with Crippen LogP contribution in [0, 0.1) is 6.92 Å². The molecule has 3 aliphatic heterocycles. The van der Waals surface area contributed by atoms with Crippen molar-refractivity contribution in [3.63, 3.8) is 0 Å². The fourth-order valence-corrected chi connectivity index (χ4v) is 6.29. The van der Waals surface area contributed by atoms with Crippen LogP contribution in [-0.4, -0.2) is 91.3 Å². The summed E-state index contributed by atoms with van der Waals surface area (Å²) in [4.78, 5) is 65.7. The van der Waals surface area contributed by atoms with Crippen molar-refractivity contribution in [3.8, 4) is 0 Å². The molecule has 3 saturated heterocycles. The van der Waals surface area contributed by atoms with Crippen LogP contribution in [0.3, 0.4) is 0 Å². The van der Waals surface area contributed by atoms with Gasteiger partial charge in [-0.25, -0.2) is 19.5 Å². The molecule has 2 aromatic heterocycles. The predicted molar refractivity (Wildman–Crippen MR) is 131 cm³/mol. The second-order valence-corrected chi connectivity index (χ2v) is 11.4. The number of furan rings is 1. The number of aromatic nitrogens is 1. The molecule has 206 valence electrons. The maximum Gasteiger partial charge on any atom is 1.00 e. The number of carboxylic acids is 1. The van der Waals surface area contributed by atoms with Gasteiger partial charge in [0.25, 0.3) is 0 Å². The molecule has 40 heavy (non-hydrogen) atoms. The van der Waals surface area contributed by atoms with E-state index in [0.29, 0.717) is 11.5 Å². The number of urea groups is 2. The van der Waals surface area contributed by atoms with Gasteiger partial charge in [0.1, 0.15) is 28.6 Å². The molecule has 2 aromatic rings. The van der Waals surface area contributed by atoms with Gasteiger partial charge in [-0.15, -0.1) is 11.8 Å². The van der Waals surface area contributed by atoms with Gasteiger partial charge in [-0.05, 0) is 32.9 Å². The molecule has 6 amide bonds. The van der Waals surface area contributed by atoms with Crippen LogP contribution in [0.15, 0.2) is 38.5 Å². The summed E-state index contributed by atoms with van der Waals surface area (Å²) < 4.78 is 9.37. The topological polar surface area (TPSA) is 194 Å². The Morgan fingerprint density at radius 3 is 2.67 bits per heavy atom. The third-order valence-electron chi connectivity index (χ3n) is 6.53. The normalized spacial score (nSPS) is 24.0. The average molecular weight is 582 g/mol. The Hall–Kier alpha value is -3.34. The molecular formula is C23H24N7NaO8S. The first kappa shape index (κ1) is 29.6. The molecule has 0 aliphatic carbocycles. The number of hydrogen-bond acceptors (Lipinski definition) is 11. The minimum absolute atomic E-state index is 0. The Morgan fingerprint density at radius 2 is 2.05 bits per heavy atom. The first-order chi connectivity index (χ1) is 18.5. The molecule has 0 saturated carbocycles. The van der Waals surface area contributed by atoms with Crippen molar-refractivity contribution < 1.29 is 67.6 Å². The molecule has 3 aliphatic rings. The van der Waals surface area contributed by atoms with E-state index in [-0.39, 0.29) is 48.3 Å². The summed E-state index contributed by atoms with van der Waals surface area (Å²) >= 11 is 1.23. The number of hydrazone groups is 1. The number of carboxylic acid groups (broad SMARTS) is 1. The van der Waals surface area contributed by atoms with Crippen LogP contribution in [-0.2, 0) is 14.4 Å². The van der Waals surface area contributed by atoms with Crippen molar-refractivity contribution in [1.29, 1.82) is 0 Å². The third kappa shape index (κ3) is 5.35. The van der Waals surface area contributed by atoms with E-state index >= 15 is 0 Å². The summed E-state index contributed by atoms with van der Waals surface area (Å²) in [5.41, 5.74) is 0.0494. The smallest absolute Gasteiger partial charge is 0.548 e. The quantitative estimate of drug-likeness (QED) is 0.187. The van der Waals surface area contributed by atoms with Crippen LogP contribution < -0.4 is 45.3 Å². The van der Waals surface area contributed by atoms with E-state index in [1.807, 2.05) is 0 Å². The molecular weight excluding hydrogens is 557 g/mol. The van der Waals surface area contributed by atoms with Gasteiger partial charge in [0, 0.05) is 10.8 Å². The van der Waals surface area contributed by atoms with Crippen molar-refractivity contribution in [2.45, 2.75) is 49.0 Å². The Bertz CT molecular complexity index is 1360. The van der Waals surface area contributed by atoms with Crippen molar-refractivity contribution >= 4 is 47.8 Å². The number of hydrogen-bond donors (Lipinski definition) is 2. The van der Waals surface area contributed by atoms with E-state index in [1.54, 1.807) is 32.9 Å². The number of β-lactam (4-membered cyclic amide) rings is 1. The van der Waals surface area contributed by atoms with Gasteiger partial charge in [-0.3, -0.25) is 9.59 Å². The van der Waals surface area contributed by atoms with Crippen molar-refractivity contribution in [1.82, 2.24) is 30.6 Å². The number of amides is 6. The van der Waals surface area contributed by atoms with E-state index in [4.69, 9.17) is 8.94 Å². The van der Waals surface area contributed by atoms with E-state index in [2.05, 4.69) is 20.9 Å². The number of fused-ring (bicyclic) bond motifs is 1. The molecule has 0 spiro atoms. The number of rotatable bonds is 7. The van der Waals surface area contributed by atoms with Crippen molar-refractivity contribution in [2.75, 3.05) is 13.1 Å². The molecule has 0 radical (unpaired) electrons. The molecule has 5 heterocycles. The number of aliphatic carboxylic acids is 1. The first-order valence-corrected chi connectivity index (χ1v) is 12.8. The molecule has 4 atom stereocenters. The predicted octanol–water partition coefficient (Wildman–Crippen LogP) is -3.60. The van der Waals surface area contributed by atoms with Crippen molar-refractivity contribution in [2.24, 2.45) is 5.10 Å². The largest absolute Gasteiger partial charge is 1.00 e. The summed E-state index contributed by atoms with van der Waals surface area (Å²) in [5, 5.41) is 25.0. The van der Waals surface area contributed by atoms with Gasteiger partial charge in [0.15, 0.2) is 6.04 Å². The fraction of sp³-hybridized carbons (Fsp3) is 0.435. The molecule has 0 aromatic carbocycles. The zero-order chi connectivity index (χ0) is 28.1. The SMILES string of the molecule is Cc1cc(C(NC(=O)N2CCN(/N=C/c3ccco3)C2=O)C(=O)NC2C(=O)N3[C@@H]2SC(C)(C)[C@@H]3C(=O)[O-])no1.[Na+]. The minimum atomic E-state index is -1.42. The molecule has 2 unspecified atom stereocenters. The van der Waals surface area contributed by atoms with Gasteiger partial charge >= 0.3 is 41.6 Å². The van der Waals surface area contributed by atoms with Gasteiger partial charge < -0.3 is 34.4 Å². The standard InChI is InChI=1S/C23H25N7O8S.Na/c1-11-9-13(27-38-11)14(17(31)25-15-18(32)30-16(20(33)34)23(2,3)39-19(15)30)26-21(35)28-6-7-29(22(28)36)24-10-12-5-4-8-37-12;/h4-5,8-10,14-16,19H,6-7H2,1-3H3,(H,25,31)(H,26,35)(H,33,34);/q;+1/p-1/b24-10+;/t14?,15?,16-,19+;/m0./s1. The van der Waals surface area contributed by atoms with E-state index in [1.165, 1.54) is 35.2 Å². The summed E-state index contributed by atoms with van der Waals surface area (Å²) in [7, 11) is 0. The summed E-state index contributed by atoms with van der Waals surface area (Å²) in [5.74, 6) is -1.97. The fourth-order valence-electron chi connectivity index (χ4n) is 4.67. The molecule has 3 fully saturated rings. The number of thioether (sulfide) groups is 1. The van der Waals surface area contributed by atoms with Crippen LogP contribution in [0.1, 0.15) is 37.1 Å². The Morgan fingerprint density at radius 1 is 1.30 bits per heavy atom. The molecule has 15 nitrogen and oxygen atoms in total. The zero-order valence-corrected chi connectivity index (χ0v) is 24.8. The van der Waals surface area contributed by atoms with Crippen LogP contribution in [0.25, 0.3) is 0 Å². The number of imide groups is 1. The van der Waals surface area contributed by atoms with E-state index < -0.39 is 58.1 Å². The number of aryl methyl sites for hydroxylation is 1. The monoisotopic (exact) mass is 581 g/mol. The van der Waals surface area contributed by atoms with Crippen LogP contribution in [0.4, 0.5) is 9.59 Å². The first-order valence-electron chi connectivity index (χ1n) is 11.9. The molecule has 17 heteroatoms. The Balaban J connectivity index is 0.00000370. The van der Waals surface area contributed by atoms with E-state index in [0.717, 1.165) is 9.91 Å². The minimum Gasteiger partial charge on any atom is -0.548 e. The summed E-state index contributed by atoms with van der Waals surface area (Å²) in [6.07, 6.45) is 2.78. The van der Waals surface area contributed by atoms with Gasteiger partial charge in [0.2, 0.25) is 11.8 Å². The molecule has 5 rings (SSSR count). The van der Waals surface area contributed by atoms with Crippen molar-refractivity contribution in [3.05, 3.63) is 41.7 Å². The summed E-state index contributed by atoms with van der Waals surface area (Å²) in [6.45, 7) is 5.07. The van der Waals surface area contributed by atoms with Gasteiger partial charge in [-0.2, -0.15) is 5.10 Å². The zero-order valence-electron chi connectivity index (χ0n) is 22.0. The average Bonchev–Trinajstić information content (AvgIpc) is 3.66. The number of carbonyl (C=O) groups is 5. The third-order valence-corrected chi connectivity index (χ3v) is 8.11. The molecule has 2 N–H and O–H groups in total. The second kappa shape index (κ2) is 11.3. The summed E-state index contributed by atoms with van der Waals surface area (Å²) in [6, 6.07) is -0.452. The number of nitrogens with zero attached hydrogens (tertiary/aromatic N) is 5. The molecule has 0 bridgehead atoms.